The predicted octanol–water partition coefficient (Wildman–Crippen LogP) is 2.08. The Morgan fingerprint density at radius 1 is 1.53 bits per heavy atom. The lowest BCUT2D eigenvalue weighted by atomic mass is 10.2. The number of anilines is 1. The van der Waals surface area contributed by atoms with Crippen molar-refractivity contribution in [3.8, 4) is 0 Å². The van der Waals surface area contributed by atoms with E-state index in [0.717, 1.165) is 16.7 Å². The van der Waals surface area contributed by atoms with Gasteiger partial charge in [0.2, 0.25) is 0 Å². The van der Waals surface area contributed by atoms with Crippen molar-refractivity contribution in [3.63, 3.8) is 0 Å². The quantitative estimate of drug-likeness (QED) is 0.804. The van der Waals surface area contributed by atoms with Crippen LogP contribution in [-0.4, -0.2) is 14.8 Å². The van der Waals surface area contributed by atoms with Crippen LogP contribution >= 0.6 is 11.6 Å². The summed E-state index contributed by atoms with van der Waals surface area (Å²) in [6.07, 6.45) is 2.37. The molecular weight excluding hydrogens is 212 g/mol. The summed E-state index contributed by atoms with van der Waals surface area (Å²) < 4.78 is 1.70. The van der Waals surface area contributed by atoms with Crippen molar-refractivity contribution in [2.75, 3.05) is 5.73 Å². The second-order valence-electron chi connectivity index (χ2n) is 4.01. The third-order valence-electron chi connectivity index (χ3n) is 2.79. The van der Waals surface area contributed by atoms with Crippen molar-refractivity contribution in [1.29, 1.82) is 0 Å². The molecule has 0 unspecified atom stereocenters. The zero-order chi connectivity index (χ0) is 10.6. The number of aromatic nitrogens is 3. The molecule has 1 saturated carbocycles. The molecule has 1 aliphatic carbocycles. The average Bonchev–Trinajstić information content (AvgIpc) is 2.96. The Labute approximate surface area is 92.0 Å². The maximum absolute atomic E-state index is 6.16. The molecule has 1 fully saturated rings. The third-order valence-corrected chi connectivity index (χ3v) is 3.09. The minimum absolute atomic E-state index is 0.490. The summed E-state index contributed by atoms with van der Waals surface area (Å²) in [6.45, 7) is 0. The molecule has 0 radical (unpaired) electrons. The predicted molar refractivity (Wildman–Crippen MR) is 59.9 cm³/mol. The van der Waals surface area contributed by atoms with Gasteiger partial charge in [-0.3, -0.25) is 0 Å². The van der Waals surface area contributed by atoms with Gasteiger partial charge >= 0.3 is 0 Å². The highest BCUT2D eigenvalue weighted by Gasteiger charge is 2.28. The maximum Gasteiger partial charge on any atom is 0.160 e. The van der Waals surface area contributed by atoms with Gasteiger partial charge in [0.15, 0.2) is 11.5 Å². The molecule has 15 heavy (non-hydrogen) atoms. The van der Waals surface area contributed by atoms with Crippen molar-refractivity contribution in [3.05, 3.63) is 16.8 Å². The number of hydrogen-bond donors (Lipinski definition) is 1. The van der Waals surface area contributed by atoms with Crippen LogP contribution in [-0.2, 0) is 7.05 Å². The Bertz CT molecular complexity index is 542. The van der Waals surface area contributed by atoms with Crippen molar-refractivity contribution < 1.29 is 0 Å². The minimum Gasteiger partial charge on any atom is -0.382 e. The molecule has 1 aliphatic rings. The monoisotopic (exact) mass is 222 g/mol. The van der Waals surface area contributed by atoms with E-state index in [-0.39, 0.29) is 0 Å². The van der Waals surface area contributed by atoms with Gasteiger partial charge in [0, 0.05) is 13.0 Å². The minimum atomic E-state index is 0.490. The van der Waals surface area contributed by atoms with Crippen molar-refractivity contribution >= 4 is 28.5 Å². The highest BCUT2D eigenvalue weighted by Crippen LogP contribution is 2.43. The fourth-order valence-corrected chi connectivity index (χ4v) is 2.14. The molecule has 0 saturated heterocycles. The van der Waals surface area contributed by atoms with E-state index in [1.807, 2.05) is 13.1 Å². The summed E-state index contributed by atoms with van der Waals surface area (Å²) in [5, 5.41) is 5.68. The van der Waals surface area contributed by atoms with Gasteiger partial charge in [-0.1, -0.05) is 11.6 Å². The van der Waals surface area contributed by atoms with Gasteiger partial charge in [0.25, 0.3) is 0 Å². The number of aryl methyl sites for hydroxylation is 1. The van der Waals surface area contributed by atoms with Crippen LogP contribution in [0.3, 0.4) is 0 Å². The average molecular weight is 223 g/mol. The van der Waals surface area contributed by atoms with Gasteiger partial charge in [-0.05, 0) is 18.9 Å². The Morgan fingerprint density at radius 3 is 2.93 bits per heavy atom. The second-order valence-corrected chi connectivity index (χ2v) is 4.42. The van der Waals surface area contributed by atoms with Crippen LogP contribution in [0.5, 0.6) is 0 Å². The van der Waals surface area contributed by atoms with E-state index >= 15 is 0 Å². The van der Waals surface area contributed by atoms with E-state index in [2.05, 4.69) is 10.1 Å². The number of hydrogen-bond acceptors (Lipinski definition) is 3. The normalized spacial score (nSPS) is 16.1. The number of nitrogens with zero attached hydrogens (tertiary/aromatic N) is 3. The molecule has 4 nitrogen and oxygen atoms in total. The first-order valence-electron chi connectivity index (χ1n) is 4.95. The molecular formula is C10H11ClN4. The van der Waals surface area contributed by atoms with Crippen LogP contribution in [0.1, 0.15) is 24.5 Å². The maximum atomic E-state index is 6.16. The molecule has 2 N–H and O–H groups in total. The van der Waals surface area contributed by atoms with Crippen LogP contribution in [0.15, 0.2) is 6.07 Å². The molecule has 2 aromatic rings. The Balaban J connectivity index is 2.32. The number of nitrogens with two attached hydrogens (primary N) is 1. The lowest BCUT2D eigenvalue weighted by Crippen LogP contribution is -1.95. The molecule has 3 rings (SSSR count). The van der Waals surface area contributed by atoms with E-state index in [9.17, 15) is 0 Å². The second kappa shape index (κ2) is 2.85. The molecule has 0 spiro atoms. The Morgan fingerprint density at radius 2 is 2.27 bits per heavy atom. The first-order chi connectivity index (χ1) is 7.16. The number of halogens is 1. The van der Waals surface area contributed by atoms with Gasteiger partial charge in [-0.15, -0.1) is 0 Å². The van der Waals surface area contributed by atoms with Gasteiger partial charge in [-0.2, -0.15) is 5.10 Å². The molecule has 0 amide bonds. The van der Waals surface area contributed by atoms with Gasteiger partial charge in [0.1, 0.15) is 0 Å². The van der Waals surface area contributed by atoms with E-state index in [1.165, 1.54) is 12.8 Å². The highest BCUT2D eigenvalue weighted by atomic mass is 35.5. The molecule has 2 heterocycles. The molecule has 0 aliphatic heterocycles. The summed E-state index contributed by atoms with van der Waals surface area (Å²) in [5.41, 5.74) is 7.57. The topological polar surface area (TPSA) is 56.7 Å². The van der Waals surface area contributed by atoms with E-state index in [0.29, 0.717) is 16.8 Å². The van der Waals surface area contributed by atoms with Crippen molar-refractivity contribution in [1.82, 2.24) is 14.8 Å². The van der Waals surface area contributed by atoms with Crippen LogP contribution in [0.25, 0.3) is 11.0 Å². The highest BCUT2D eigenvalue weighted by molar-refractivity contribution is 6.32. The molecule has 0 atom stereocenters. The summed E-state index contributed by atoms with van der Waals surface area (Å²) in [4.78, 5) is 4.55. The van der Waals surface area contributed by atoms with Crippen LogP contribution in [0.2, 0.25) is 5.02 Å². The zero-order valence-electron chi connectivity index (χ0n) is 8.37. The van der Waals surface area contributed by atoms with Crippen molar-refractivity contribution in [2.24, 2.45) is 7.05 Å². The fourth-order valence-electron chi connectivity index (χ4n) is 1.83. The van der Waals surface area contributed by atoms with Gasteiger partial charge in [0.05, 0.1) is 16.1 Å². The number of nitrogen functional groups attached to an aromatic ring is 1. The smallest absolute Gasteiger partial charge is 0.160 e. The van der Waals surface area contributed by atoms with Gasteiger partial charge < -0.3 is 5.73 Å². The SMILES string of the molecule is Cn1nc(N)c2cc(Cl)c(C3CC3)nc21. The Kier molecular flexibility index (Phi) is 1.71. The fraction of sp³-hybridized carbons (Fsp3) is 0.400. The number of pyridine rings is 1. The molecule has 0 bridgehead atoms. The Hall–Kier alpha value is -1.29. The number of fused-ring (bicyclic) bond motifs is 1. The summed E-state index contributed by atoms with van der Waals surface area (Å²) in [6, 6.07) is 1.87. The molecule has 2 aromatic heterocycles. The van der Waals surface area contributed by atoms with Crippen LogP contribution < -0.4 is 5.73 Å². The molecule has 78 valence electrons. The van der Waals surface area contributed by atoms with Gasteiger partial charge in [-0.25, -0.2) is 9.67 Å². The van der Waals surface area contributed by atoms with E-state index in [1.54, 1.807) is 4.68 Å². The standard InChI is InChI=1S/C10H11ClN4/c1-15-10-6(9(12)14-15)4-7(11)8(13-10)5-2-3-5/h4-5H,2-3H2,1H3,(H2,12,14). The number of rotatable bonds is 1. The van der Waals surface area contributed by atoms with Crippen LogP contribution in [0, 0.1) is 0 Å². The van der Waals surface area contributed by atoms with E-state index in [4.69, 9.17) is 17.3 Å². The summed E-state index contributed by atoms with van der Waals surface area (Å²) in [7, 11) is 1.84. The van der Waals surface area contributed by atoms with Crippen LogP contribution in [0.4, 0.5) is 5.82 Å². The molecule has 0 aromatic carbocycles. The lowest BCUT2D eigenvalue weighted by molar-refractivity contribution is 0.787. The summed E-state index contributed by atoms with van der Waals surface area (Å²) in [5.74, 6) is 1.03. The zero-order valence-corrected chi connectivity index (χ0v) is 9.12. The van der Waals surface area contributed by atoms with E-state index < -0.39 is 0 Å². The first-order valence-corrected chi connectivity index (χ1v) is 5.33. The van der Waals surface area contributed by atoms with Crippen molar-refractivity contribution in [2.45, 2.75) is 18.8 Å². The third kappa shape index (κ3) is 1.28. The molecule has 5 heteroatoms. The largest absolute Gasteiger partial charge is 0.382 e. The first kappa shape index (κ1) is 8.97. The summed E-state index contributed by atoms with van der Waals surface area (Å²) >= 11 is 6.16. The lowest BCUT2D eigenvalue weighted by Gasteiger charge is -2.01.